The van der Waals surface area contributed by atoms with E-state index < -0.39 is 0 Å². The maximum Gasteiger partial charge on any atom is 0.251 e. The van der Waals surface area contributed by atoms with Crippen LogP contribution in [0.15, 0.2) is 42.6 Å². The molecule has 2 fully saturated rings. The summed E-state index contributed by atoms with van der Waals surface area (Å²) in [5, 5.41) is 5.92. The largest absolute Gasteiger partial charge is 0.353 e. The van der Waals surface area contributed by atoms with Crippen molar-refractivity contribution in [3.63, 3.8) is 0 Å². The lowest BCUT2D eigenvalue weighted by Crippen LogP contribution is -2.33. The van der Waals surface area contributed by atoms with E-state index in [-0.39, 0.29) is 17.9 Å². The highest BCUT2D eigenvalue weighted by Crippen LogP contribution is 2.31. The molecule has 1 aliphatic carbocycles. The molecule has 1 aromatic heterocycles. The fourth-order valence-electron chi connectivity index (χ4n) is 3.79. The van der Waals surface area contributed by atoms with Gasteiger partial charge in [0.2, 0.25) is 5.91 Å². The molecule has 6 nitrogen and oxygen atoms in total. The first-order valence-electron chi connectivity index (χ1n) is 9.66. The van der Waals surface area contributed by atoms with Gasteiger partial charge in [0.15, 0.2) is 0 Å². The van der Waals surface area contributed by atoms with Crippen molar-refractivity contribution in [3.8, 4) is 0 Å². The van der Waals surface area contributed by atoms with Gasteiger partial charge in [-0.2, -0.15) is 0 Å². The molecule has 0 bridgehead atoms. The molecule has 0 spiro atoms. The van der Waals surface area contributed by atoms with E-state index in [1.807, 2.05) is 25.4 Å². The molecular weight excluding hydrogens is 340 g/mol. The molecule has 142 valence electrons. The van der Waals surface area contributed by atoms with Crippen LogP contribution in [-0.4, -0.2) is 40.4 Å². The number of hydrogen-bond acceptors (Lipinski definition) is 3. The number of likely N-dealkylation sites (tertiary alicyclic amines) is 1. The Kier molecular flexibility index (Phi) is 4.99. The number of carbonyl (C=O) groups excluding carboxylic acids is 2. The van der Waals surface area contributed by atoms with Gasteiger partial charge < -0.3 is 15.2 Å². The summed E-state index contributed by atoms with van der Waals surface area (Å²) in [6, 6.07) is 11.9. The van der Waals surface area contributed by atoms with Crippen LogP contribution in [0.5, 0.6) is 0 Å². The SMILES string of the molecule is Cn1cccc1C1CCCN1CC(=O)Nc1cccc(C(=O)NC2CC2)c1. The molecule has 27 heavy (non-hydrogen) atoms. The molecule has 2 amide bonds. The number of benzene rings is 1. The Morgan fingerprint density at radius 3 is 2.74 bits per heavy atom. The van der Waals surface area contributed by atoms with E-state index in [4.69, 9.17) is 0 Å². The molecule has 2 aliphatic rings. The molecule has 6 heteroatoms. The molecule has 1 unspecified atom stereocenters. The number of nitrogens with one attached hydrogen (secondary N) is 2. The van der Waals surface area contributed by atoms with Crippen LogP contribution >= 0.6 is 0 Å². The van der Waals surface area contributed by atoms with Crippen molar-refractivity contribution in [2.75, 3.05) is 18.4 Å². The van der Waals surface area contributed by atoms with Gasteiger partial charge >= 0.3 is 0 Å². The summed E-state index contributed by atoms with van der Waals surface area (Å²) in [6.45, 7) is 1.28. The van der Waals surface area contributed by atoms with Crippen molar-refractivity contribution >= 4 is 17.5 Å². The Balaban J connectivity index is 1.37. The first-order chi connectivity index (χ1) is 13.1. The molecule has 1 saturated heterocycles. The van der Waals surface area contributed by atoms with Gasteiger partial charge in [-0.3, -0.25) is 14.5 Å². The average Bonchev–Trinajstić information content (AvgIpc) is 3.17. The Morgan fingerprint density at radius 1 is 1.15 bits per heavy atom. The molecule has 1 atom stereocenters. The van der Waals surface area contributed by atoms with Crippen LogP contribution < -0.4 is 10.6 Å². The predicted octanol–water partition coefficient (Wildman–Crippen LogP) is 2.69. The van der Waals surface area contributed by atoms with Crippen LogP contribution in [0.1, 0.15) is 47.8 Å². The summed E-state index contributed by atoms with van der Waals surface area (Å²) >= 11 is 0. The van der Waals surface area contributed by atoms with Gasteiger partial charge in [-0.1, -0.05) is 6.07 Å². The molecular formula is C21H26N4O2. The summed E-state index contributed by atoms with van der Waals surface area (Å²) in [5.41, 5.74) is 2.50. The van der Waals surface area contributed by atoms with E-state index in [1.165, 1.54) is 5.69 Å². The van der Waals surface area contributed by atoms with Gasteiger partial charge in [-0.15, -0.1) is 0 Å². The number of anilines is 1. The standard InChI is InChI=1S/C21H26N4O2/c1-24-11-3-7-18(24)19-8-4-12-25(19)14-20(26)22-17-6-2-5-15(13-17)21(27)23-16-9-10-16/h2-3,5-7,11,13,16,19H,4,8-10,12,14H2,1H3,(H,22,26)(H,23,27). The number of nitrogens with zero attached hydrogens (tertiary/aromatic N) is 2. The second kappa shape index (κ2) is 7.56. The lowest BCUT2D eigenvalue weighted by atomic mass is 10.1. The van der Waals surface area contributed by atoms with Gasteiger partial charge in [-0.25, -0.2) is 0 Å². The van der Waals surface area contributed by atoms with Crippen LogP contribution in [0, 0.1) is 0 Å². The zero-order valence-electron chi connectivity index (χ0n) is 15.6. The second-order valence-corrected chi connectivity index (χ2v) is 7.55. The lowest BCUT2D eigenvalue weighted by molar-refractivity contribution is -0.117. The van der Waals surface area contributed by atoms with Crippen molar-refractivity contribution in [3.05, 3.63) is 53.9 Å². The number of aromatic nitrogens is 1. The maximum atomic E-state index is 12.6. The summed E-state index contributed by atoms with van der Waals surface area (Å²) in [4.78, 5) is 27.0. The lowest BCUT2D eigenvalue weighted by Gasteiger charge is -2.24. The highest BCUT2D eigenvalue weighted by molar-refractivity contribution is 5.97. The van der Waals surface area contributed by atoms with E-state index >= 15 is 0 Å². The Labute approximate surface area is 159 Å². The number of rotatable bonds is 6. The minimum atomic E-state index is -0.0723. The smallest absolute Gasteiger partial charge is 0.251 e. The number of hydrogen-bond donors (Lipinski definition) is 2. The van der Waals surface area contributed by atoms with Crippen LogP contribution in [0.2, 0.25) is 0 Å². The van der Waals surface area contributed by atoms with Gasteiger partial charge in [0.1, 0.15) is 0 Å². The third-order valence-electron chi connectivity index (χ3n) is 5.36. The Morgan fingerprint density at radius 2 is 2.00 bits per heavy atom. The van der Waals surface area contributed by atoms with Crippen molar-refractivity contribution in [2.45, 2.75) is 37.8 Å². The van der Waals surface area contributed by atoms with Crippen molar-refractivity contribution in [2.24, 2.45) is 7.05 Å². The first kappa shape index (κ1) is 17.8. The minimum Gasteiger partial charge on any atom is -0.353 e. The first-order valence-corrected chi connectivity index (χ1v) is 9.66. The van der Waals surface area contributed by atoms with E-state index in [1.54, 1.807) is 18.2 Å². The van der Waals surface area contributed by atoms with E-state index in [0.29, 0.717) is 23.8 Å². The minimum absolute atomic E-state index is 0.0455. The summed E-state index contributed by atoms with van der Waals surface area (Å²) in [6.07, 6.45) is 6.33. The summed E-state index contributed by atoms with van der Waals surface area (Å²) in [7, 11) is 2.05. The Bertz CT molecular complexity index is 840. The second-order valence-electron chi connectivity index (χ2n) is 7.55. The van der Waals surface area contributed by atoms with Crippen LogP contribution in [0.25, 0.3) is 0 Å². The van der Waals surface area contributed by atoms with Gasteiger partial charge in [0, 0.05) is 36.2 Å². The summed E-state index contributed by atoms with van der Waals surface area (Å²) < 4.78 is 2.13. The Hall–Kier alpha value is -2.60. The molecule has 0 radical (unpaired) electrons. The van der Waals surface area contributed by atoms with Gasteiger partial charge in [-0.05, 0) is 62.6 Å². The zero-order valence-corrected chi connectivity index (χ0v) is 15.6. The normalized spacial score (nSPS) is 19.8. The highest BCUT2D eigenvalue weighted by atomic mass is 16.2. The molecule has 4 rings (SSSR count). The van der Waals surface area contributed by atoms with Gasteiger partial charge in [0.25, 0.3) is 5.91 Å². The predicted molar refractivity (Wildman–Crippen MR) is 105 cm³/mol. The zero-order chi connectivity index (χ0) is 18.8. The van der Waals surface area contributed by atoms with Crippen molar-refractivity contribution < 1.29 is 9.59 Å². The third-order valence-corrected chi connectivity index (χ3v) is 5.36. The topological polar surface area (TPSA) is 66.4 Å². The summed E-state index contributed by atoms with van der Waals surface area (Å²) in [5.74, 6) is -0.118. The highest BCUT2D eigenvalue weighted by Gasteiger charge is 2.29. The molecule has 2 heterocycles. The molecule has 1 aromatic carbocycles. The van der Waals surface area contributed by atoms with Crippen LogP contribution in [0.3, 0.4) is 0 Å². The maximum absolute atomic E-state index is 12.6. The third kappa shape index (κ3) is 4.22. The molecule has 2 aromatic rings. The molecule has 2 N–H and O–H groups in total. The number of amides is 2. The van der Waals surface area contributed by atoms with Crippen LogP contribution in [0.4, 0.5) is 5.69 Å². The monoisotopic (exact) mass is 366 g/mol. The fraction of sp³-hybridized carbons (Fsp3) is 0.429. The number of carbonyl (C=O) groups is 2. The quantitative estimate of drug-likeness (QED) is 0.826. The fourth-order valence-corrected chi connectivity index (χ4v) is 3.79. The molecule has 1 aliphatic heterocycles. The van der Waals surface area contributed by atoms with Crippen molar-refractivity contribution in [1.82, 2.24) is 14.8 Å². The average molecular weight is 366 g/mol. The van der Waals surface area contributed by atoms with E-state index in [2.05, 4.69) is 26.2 Å². The van der Waals surface area contributed by atoms with E-state index in [9.17, 15) is 9.59 Å². The van der Waals surface area contributed by atoms with E-state index in [0.717, 1.165) is 32.2 Å². The van der Waals surface area contributed by atoms with Gasteiger partial charge in [0.05, 0.1) is 12.6 Å². The van der Waals surface area contributed by atoms with Crippen LogP contribution in [-0.2, 0) is 11.8 Å². The number of aryl methyl sites for hydroxylation is 1. The van der Waals surface area contributed by atoms with Crippen molar-refractivity contribution in [1.29, 1.82) is 0 Å². The molecule has 1 saturated carbocycles.